The minimum atomic E-state index is 0.372. The SMILES string of the molecule is C=CC(/C=C\CC)COI. The second-order valence-electron chi connectivity index (χ2n) is 2.01. The van der Waals surface area contributed by atoms with Crippen LogP contribution in [0.4, 0.5) is 0 Å². The molecule has 0 spiro atoms. The molecule has 0 aliphatic rings. The van der Waals surface area contributed by atoms with Crippen molar-refractivity contribution in [3.63, 3.8) is 0 Å². The van der Waals surface area contributed by atoms with Crippen LogP contribution in [0.15, 0.2) is 24.8 Å². The van der Waals surface area contributed by atoms with E-state index in [1.807, 2.05) is 29.1 Å². The lowest BCUT2D eigenvalue weighted by molar-refractivity contribution is 0.395. The molecule has 2 heteroatoms. The molecule has 0 aliphatic heterocycles. The van der Waals surface area contributed by atoms with Gasteiger partial charge in [0.15, 0.2) is 0 Å². The van der Waals surface area contributed by atoms with Gasteiger partial charge in [-0.05, 0) is 6.42 Å². The highest BCUT2D eigenvalue weighted by Gasteiger charge is 1.95. The van der Waals surface area contributed by atoms with Gasteiger partial charge >= 0.3 is 0 Å². The van der Waals surface area contributed by atoms with E-state index in [4.69, 9.17) is 3.07 Å². The second-order valence-corrected chi connectivity index (χ2v) is 2.63. The smallest absolute Gasteiger partial charge is 0.109 e. The molecule has 0 fully saturated rings. The Morgan fingerprint density at radius 1 is 1.70 bits per heavy atom. The quantitative estimate of drug-likeness (QED) is 0.539. The minimum absolute atomic E-state index is 0.372. The van der Waals surface area contributed by atoms with Gasteiger partial charge in [0.25, 0.3) is 0 Å². The number of hydrogen-bond donors (Lipinski definition) is 0. The molecule has 58 valence electrons. The van der Waals surface area contributed by atoms with Gasteiger partial charge in [0.2, 0.25) is 0 Å². The van der Waals surface area contributed by atoms with Crippen molar-refractivity contribution in [1.82, 2.24) is 0 Å². The summed E-state index contributed by atoms with van der Waals surface area (Å²) in [7, 11) is 0. The van der Waals surface area contributed by atoms with Crippen molar-refractivity contribution in [1.29, 1.82) is 0 Å². The number of allylic oxidation sites excluding steroid dienone is 1. The fourth-order valence-electron chi connectivity index (χ4n) is 0.586. The first-order chi connectivity index (χ1) is 4.85. The first-order valence-electron chi connectivity index (χ1n) is 3.37. The third-order valence-electron chi connectivity index (χ3n) is 1.18. The molecule has 0 aliphatic carbocycles. The summed E-state index contributed by atoms with van der Waals surface area (Å²) in [5, 5.41) is 0. The molecular weight excluding hydrogens is 239 g/mol. The predicted octanol–water partition coefficient (Wildman–Crippen LogP) is 3.12. The van der Waals surface area contributed by atoms with Gasteiger partial charge < -0.3 is 3.07 Å². The molecule has 1 atom stereocenters. The van der Waals surface area contributed by atoms with Crippen LogP contribution in [0, 0.1) is 5.92 Å². The van der Waals surface area contributed by atoms with Crippen molar-refractivity contribution in [2.75, 3.05) is 6.61 Å². The van der Waals surface area contributed by atoms with Gasteiger partial charge in [0, 0.05) is 5.92 Å². The van der Waals surface area contributed by atoms with Gasteiger partial charge in [-0.1, -0.05) is 25.2 Å². The summed E-state index contributed by atoms with van der Waals surface area (Å²) in [4.78, 5) is 0. The maximum absolute atomic E-state index is 4.94. The molecule has 0 amide bonds. The van der Waals surface area contributed by atoms with Gasteiger partial charge in [-0.15, -0.1) is 6.58 Å². The number of rotatable bonds is 5. The Hall–Kier alpha value is 0.170. The summed E-state index contributed by atoms with van der Waals surface area (Å²) in [6.07, 6.45) is 7.21. The zero-order chi connectivity index (χ0) is 7.82. The zero-order valence-electron chi connectivity index (χ0n) is 6.22. The minimum Gasteiger partial charge on any atom is -0.315 e. The summed E-state index contributed by atoms with van der Waals surface area (Å²) in [5.74, 6) is 0.372. The molecule has 1 nitrogen and oxygen atoms in total. The van der Waals surface area contributed by atoms with E-state index in [1.54, 1.807) is 0 Å². The van der Waals surface area contributed by atoms with E-state index in [1.165, 1.54) is 0 Å². The monoisotopic (exact) mass is 252 g/mol. The highest BCUT2D eigenvalue weighted by atomic mass is 127. The number of halogens is 1. The highest BCUT2D eigenvalue weighted by Crippen LogP contribution is 2.03. The van der Waals surface area contributed by atoms with Crippen molar-refractivity contribution < 1.29 is 3.07 Å². The van der Waals surface area contributed by atoms with Gasteiger partial charge in [0.05, 0.1) is 6.61 Å². The molecule has 0 saturated carbocycles. The van der Waals surface area contributed by atoms with Gasteiger partial charge in [-0.25, -0.2) is 0 Å². The van der Waals surface area contributed by atoms with E-state index in [0.717, 1.165) is 13.0 Å². The standard InChI is InChI=1S/C8H13IO/c1-3-5-6-8(4-2)7-10-9/h4-6,8H,2-3,7H2,1H3/b6-5-. The molecular formula is C8H13IO. The van der Waals surface area contributed by atoms with Crippen LogP contribution in [0.5, 0.6) is 0 Å². The molecule has 0 aromatic heterocycles. The first kappa shape index (κ1) is 10.2. The third kappa shape index (κ3) is 4.99. The fraction of sp³-hybridized carbons (Fsp3) is 0.500. The average molecular weight is 252 g/mol. The van der Waals surface area contributed by atoms with E-state index >= 15 is 0 Å². The lowest BCUT2D eigenvalue weighted by Crippen LogP contribution is -1.97. The molecule has 0 aromatic carbocycles. The summed E-state index contributed by atoms with van der Waals surface area (Å²) >= 11 is 1.90. The van der Waals surface area contributed by atoms with Crippen LogP contribution in [-0.4, -0.2) is 6.61 Å². The molecule has 0 saturated heterocycles. The predicted molar refractivity (Wildman–Crippen MR) is 53.1 cm³/mol. The fourth-order valence-corrected chi connectivity index (χ4v) is 1.00. The molecule has 0 bridgehead atoms. The van der Waals surface area contributed by atoms with Crippen molar-refractivity contribution in [3.05, 3.63) is 24.8 Å². The van der Waals surface area contributed by atoms with Crippen LogP contribution in [0.3, 0.4) is 0 Å². The zero-order valence-corrected chi connectivity index (χ0v) is 8.37. The summed E-state index contributed by atoms with van der Waals surface area (Å²) < 4.78 is 4.94. The van der Waals surface area contributed by atoms with Gasteiger partial charge in [-0.3, -0.25) is 0 Å². The molecule has 0 heterocycles. The van der Waals surface area contributed by atoms with Crippen LogP contribution in [0.25, 0.3) is 0 Å². The van der Waals surface area contributed by atoms with E-state index in [9.17, 15) is 0 Å². The Morgan fingerprint density at radius 3 is 2.80 bits per heavy atom. The van der Waals surface area contributed by atoms with Crippen LogP contribution >= 0.6 is 23.0 Å². The van der Waals surface area contributed by atoms with E-state index in [-0.39, 0.29) is 0 Å². The van der Waals surface area contributed by atoms with Crippen molar-refractivity contribution in [2.45, 2.75) is 13.3 Å². The Balaban J connectivity index is 3.59. The number of hydrogen-bond acceptors (Lipinski definition) is 1. The topological polar surface area (TPSA) is 9.23 Å². The van der Waals surface area contributed by atoms with Crippen molar-refractivity contribution in [2.24, 2.45) is 5.92 Å². The molecule has 0 N–H and O–H groups in total. The summed E-state index contributed by atoms with van der Waals surface area (Å²) in [6, 6.07) is 0. The molecule has 10 heavy (non-hydrogen) atoms. The van der Waals surface area contributed by atoms with E-state index < -0.39 is 0 Å². The normalized spacial score (nSPS) is 13.8. The molecule has 0 rings (SSSR count). The highest BCUT2D eigenvalue weighted by molar-refractivity contribution is 14.1. The van der Waals surface area contributed by atoms with Crippen LogP contribution < -0.4 is 0 Å². The molecule has 0 aromatic rings. The third-order valence-corrected chi connectivity index (χ3v) is 1.54. The Labute approximate surface area is 76.8 Å². The average Bonchev–Trinajstić information content (AvgIpc) is 1.98. The summed E-state index contributed by atoms with van der Waals surface area (Å²) in [5.41, 5.74) is 0. The van der Waals surface area contributed by atoms with Gasteiger partial charge in [-0.2, -0.15) is 0 Å². The molecule has 1 unspecified atom stereocenters. The van der Waals surface area contributed by atoms with E-state index in [0.29, 0.717) is 5.92 Å². The maximum Gasteiger partial charge on any atom is 0.109 e. The second kappa shape index (κ2) is 7.28. The maximum atomic E-state index is 4.94. The van der Waals surface area contributed by atoms with Crippen molar-refractivity contribution in [3.8, 4) is 0 Å². The van der Waals surface area contributed by atoms with Crippen LogP contribution in [0.2, 0.25) is 0 Å². The Kier molecular flexibility index (Phi) is 7.40. The van der Waals surface area contributed by atoms with Crippen molar-refractivity contribution >= 4 is 23.0 Å². The van der Waals surface area contributed by atoms with E-state index in [2.05, 4.69) is 25.7 Å². The summed E-state index contributed by atoms with van der Waals surface area (Å²) in [6.45, 7) is 6.53. The lowest BCUT2D eigenvalue weighted by atomic mass is 10.1. The first-order valence-corrected chi connectivity index (χ1v) is 4.26. The molecule has 0 radical (unpaired) electrons. The Bertz CT molecular complexity index is 110. The largest absolute Gasteiger partial charge is 0.315 e. The Morgan fingerprint density at radius 2 is 2.40 bits per heavy atom. The van der Waals surface area contributed by atoms with Gasteiger partial charge in [0.1, 0.15) is 23.0 Å². The van der Waals surface area contributed by atoms with Crippen LogP contribution in [0.1, 0.15) is 13.3 Å². The lowest BCUT2D eigenvalue weighted by Gasteiger charge is -2.02. The van der Waals surface area contributed by atoms with Crippen LogP contribution in [-0.2, 0) is 3.07 Å².